The number of halogens is 2. The Kier molecular flexibility index (Phi) is 4.06. The number of hydrogen-bond acceptors (Lipinski definition) is 4. The number of ketones is 1. The summed E-state index contributed by atoms with van der Waals surface area (Å²) >= 11 is 3.35. The molecule has 3 rings (SSSR count). The highest BCUT2D eigenvalue weighted by Gasteiger charge is 2.14. The van der Waals surface area contributed by atoms with Crippen LogP contribution in [0.3, 0.4) is 0 Å². The third-order valence-corrected chi connectivity index (χ3v) is 3.54. The van der Waals surface area contributed by atoms with Crippen molar-refractivity contribution in [1.29, 1.82) is 0 Å². The van der Waals surface area contributed by atoms with Crippen LogP contribution in [0.1, 0.15) is 10.4 Å². The predicted molar refractivity (Wildman–Crippen MR) is 81.7 cm³/mol. The van der Waals surface area contributed by atoms with Crippen LogP contribution in [0.25, 0.3) is 11.4 Å². The summed E-state index contributed by atoms with van der Waals surface area (Å²) in [7, 11) is 0. The van der Waals surface area contributed by atoms with E-state index in [1.807, 2.05) is 24.3 Å². The summed E-state index contributed by atoms with van der Waals surface area (Å²) < 4.78 is 14.5. The summed E-state index contributed by atoms with van der Waals surface area (Å²) in [4.78, 5) is 13.2. The number of nitrogens with zero attached hydrogens (tertiary/aromatic N) is 4. The lowest BCUT2D eigenvalue weighted by Gasteiger charge is -2.00. The normalized spacial score (nSPS) is 10.6. The topological polar surface area (TPSA) is 60.7 Å². The highest BCUT2D eigenvalue weighted by molar-refractivity contribution is 9.10. The van der Waals surface area contributed by atoms with Gasteiger partial charge in [0.25, 0.3) is 0 Å². The molecule has 110 valence electrons. The van der Waals surface area contributed by atoms with Crippen molar-refractivity contribution in [1.82, 2.24) is 20.2 Å². The van der Waals surface area contributed by atoms with E-state index in [4.69, 9.17) is 0 Å². The van der Waals surface area contributed by atoms with Crippen LogP contribution in [0.15, 0.2) is 53.0 Å². The average molecular weight is 361 g/mol. The monoisotopic (exact) mass is 360 g/mol. The first kappa shape index (κ1) is 14.5. The van der Waals surface area contributed by atoms with Crippen molar-refractivity contribution in [2.75, 3.05) is 0 Å². The second-order valence-corrected chi connectivity index (χ2v) is 5.47. The van der Waals surface area contributed by atoms with E-state index >= 15 is 0 Å². The fourth-order valence-corrected chi connectivity index (χ4v) is 2.19. The molecule has 2 aromatic carbocycles. The minimum Gasteiger partial charge on any atom is -0.292 e. The molecular formula is C15H10BrFN4O. The van der Waals surface area contributed by atoms with Crippen LogP contribution in [0.5, 0.6) is 0 Å². The molecule has 1 aromatic heterocycles. The summed E-state index contributed by atoms with van der Waals surface area (Å²) in [5.41, 5.74) is 0.804. The highest BCUT2D eigenvalue weighted by Crippen LogP contribution is 2.17. The lowest BCUT2D eigenvalue weighted by atomic mass is 10.1. The van der Waals surface area contributed by atoms with Crippen LogP contribution in [-0.2, 0) is 6.54 Å². The van der Waals surface area contributed by atoms with Crippen molar-refractivity contribution in [2.24, 2.45) is 0 Å². The van der Waals surface area contributed by atoms with Gasteiger partial charge in [-0.3, -0.25) is 4.79 Å². The molecule has 0 aliphatic heterocycles. The quantitative estimate of drug-likeness (QED) is 0.670. The lowest BCUT2D eigenvalue weighted by molar-refractivity contribution is 0.0957. The number of Topliss-reactive ketones (excluding diaryl/α,β-unsaturated/α-hetero) is 1. The lowest BCUT2D eigenvalue weighted by Crippen LogP contribution is -2.14. The van der Waals surface area contributed by atoms with Crippen LogP contribution < -0.4 is 0 Å². The Balaban J connectivity index is 1.78. The summed E-state index contributed by atoms with van der Waals surface area (Å²) in [6.07, 6.45) is 0. The van der Waals surface area contributed by atoms with Gasteiger partial charge < -0.3 is 0 Å². The molecule has 0 aliphatic carbocycles. The molecule has 0 atom stereocenters. The molecule has 22 heavy (non-hydrogen) atoms. The van der Waals surface area contributed by atoms with Gasteiger partial charge in [0.15, 0.2) is 5.78 Å². The van der Waals surface area contributed by atoms with Crippen molar-refractivity contribution < 1.29 is 9.18 Å². The maximum atomic E-state index is 13.6. The second kappa shape index (κ2) is 6.15. The number of carbonyl (C=O) groups is 1. The molecule has 0 N–H and O–H groups in total. The van der Waals surface area contributed by atoms with E-state index in [1.54, 1.807) is 6.07 Å². The molecule has 0 radical (unpaired) electrons. The predicted octanol–water partition coefficient (Wildman–Crippen LogP) is 3.12. The standard InChI is InChI=1S/C15H10BrFN4O/c16-11-7-5-10(6-8-11)15-18-20-21(19-15)9-14(22)12-3-1-2-4-13(12)17/h1-8H,9H2. The van der Waals surface area contributed by atoms with Gasteiger partial charge in [0, 0.05) is 10.0 Å². The minimum atomic E-state index is -0.555. The Morgan fingerprint density at radius 1 is 1.14 bits per heavy atom. The molecule has 0 saturated carbocycles. The van der Waals surface area contributed by atoms with E-state index < -0.39 is 11.6 Å². The van der Waals surface area contributed by atoms with Gasteiger partial charge in [-0.2, -0.15) is 4.80 Å². The van der Waals surface area contributed by atoms with E-state index in [0.717, 1.165) is 14.8 Å². The zero-order valence-electron chi connectivity index (χ0n) is 11.3. The fourth-order valence-electron chi connectivity index (χ4n) is 1.93. The van der Waals surface area contributed by atoms with Crippen molar-refractivity contribution in [3.05, 3.63) is 64.4 Å². The van der Waals surface area contributed by atoms with Crippen molar-refractivity contribution in [3.63, 3.8) is 0 Å². The van der Waals surface area contributed by atoms with Gasteiger partial charge in [-0.05, 0) is 41.6 Å². The molecule has 0 bridgehead atoms. The molecule has 7 heteroatoms. The molecule has 5 nitrogen and oxygen atoms in total. The minimum absolute atomic E-state index is 0.0185. The first-order chi connectivity index (χ1) is 10.6. The van der Waals surface area contributed by atoms with Crippen LogP contribution in [0.2, 0.25) is 0 Å². The largest absolute Gasteiger partial charge is 0.292 e. The first-order valence-corrected chi connectivity index (χ1v) is 7.24. The number of hydrogen-bond donors (Lipinski definition) is 0. The van der Waals surface area contributed by atoms with Gasteiger partial charge in [-0.15, -0.1) is 10.2 Å². The van der Waals surface area contributed by atoms with E-state index in [2.05, 4.69) is 31.3 Å². The molecule has 0 saturated heterocycles. The smallest absolute Gasteiger partial charge is 0.204 e. The van der Waals surface area contributed by atoms with E-state index in [0.29, 0.717) is 5.82 Å². The maximum absolute atomic E-state index is 13.6. The molecule has 0 fully saturated rings. The average Bonchev–Trinajstić information content (AvgIpc) is 2.97. The molecular weight excluding hydrogens is 351 g/mol. The zero-order valence-corrected chi connectivity index (χ0v) is 12.9. The Bertz CT molecular complexity index is 816. The zero-order chi connectivity index (χ0) is 15.5. The summed E-state index contributed by atoms with van der Waals surface area (Å²) in [6, 6.07) is 13.2. The summed E-state index contributed by atoms with van der Waals surface area (Å²) in [6.45, 7) is -0.162. The van der Waals surface area contributed by atoms with Crippen LogP contribution in [0, 0.1) is 5.82 Å². The van der Waals surface area contributed by atoms with Gasteiger partial charge in [-0.1, -0.05) is 28.1 Å². The van der Waals surface area contributed by atoms with Gasteiger partial charge in [0.1, 0.15) is 12.4 Å². The number of benzene rings is 2. The Hall–Kier alpha value is -2.41. The number of aromatic nitrogens is 4. The van der Waals surface area contributed by atoms with Gasteiger partial charge in [-0.25, -0.2) is 4.39 Å². The maximum Gasteiger partial charge on any atom is 0.204 e. The first-order valence-electron chi connectivity index (χ1n) is 6.45. The summed E-state index contributed by atoms with van der Waals surface area (Å²) in [5, 5.41) is 11.9. The third kappa shape index (κ3) is 3.09. The third-order valence-electron chi connectivity index (χ3n) is 3.01. The SMILES string of the molecule is O=C(Cn1nnc(-c2ccc(Br)cc2)n1)c1ccccc1F. The van der Waals surface area contributed by atoms with E-state index in [1.165, 1.54) is 18.2 Å². The summed E-state index contributed by atoms with van der Waals surface area (Å²) in [5.74, 6) is -0.549. The van der Waals surface area contributed by atoms with Crippen molar-refractivity contribution in [2.45, 2.75) is 6.54 Å². The molecule has 3 aromatic rings. The Labute approximate surface area is 133 Å². The van der Waals surface area contributed by atoms with Crippen molar-refractivity contribution >= 4 is 21.7 Å². The van der Waals surface area contributed by atoms with Crippen LogP contribution in [0.4, 0.5) is 4.39 Å². The molecule has 0 spiro atoms. The van der Waals surface area contributed by atoms with Crippen molar-refractivity contribution in [3.8, 4) is 11.4 Å². The van der Waals surface area contributed by atoms with Gasteiger partial charge >= 0.3 is 0 Å². The molecule has 1 heterocycles. The van der Waals surface area contributed by atoms with Gasteiger partial charge in [0.05, 0.1) is 5.56 Å². The van der Waals surface area contributed by atoms with E-state index in [9.17, 15) is 9.18 Å². The van der Waals surface area contributed by atoms with Crippen LogP contribution in [-0.4, -0.2) is 26.0 Å². The van der Waals surface area contributed by atoms with E-state index in [-0.39, 0.29) is 12.1 Å². The highest BCUT2D eigenvalue weighted by atomic mass is 79.9. The number of tetrazole rings is 1. The second-order valence-electron chi connectivity index (χ2n) is 4.55. The molecule has 0 amide bonds. The molecule has 0 unspecified atom stereocenters. The Morgan fingerprint density at radius 2 is 1.86 bits per heavy atom. The fraction of sp³-hybridized carbons (Fsp3) is 0.0667. The number of carbonyl (C=O) groups excluding carboxylic acids is 1. The molecule has 0 aliphatic rings. The van der Waals surface area contributed by atoms with Gasteiger partial charge in [0.2, 0.25) is 5.82 Å². The Morgan fingerprint density at radius 3 is 2.59 bits per heavy atom. The van der Waals surface area contributed by atoms with Crippen LogP contribution >= 0.6 is 15.9 Å². The number of rotatable bonds is 4.